The molecule has 0 bridgehead atoms. The van der Waals surface area contributed by atoms with Crippen molar-refractivity contribution in [3.8, 4) is 11.5 Å². The number of rotatable bonds is 6. The number of nitro groups is 1. The first kappa shape index (κ1) is 20.2. The molecule has 0 saturated carbocycles. The van der Waals surface area contributed by atoms with Gasteiger partial charge in [-0.3, -0.25) is 14.9 Å². The lowest BCUT2D eigenvalue weighted by Gasteiger charge is -2.04. The largest absolute Gasteiger partial charge is 0.454 e. The van der Waals surface area contributed by atoms with Gasteiger partial charge in [0, 0.05) is 42.6 Å². The Kier molecular flexibility index (Phi) is 5.86. The van der Waals surface area contributed by atoms with E-state index in [0.717, 1.165) is 16.0 Å². The average Bonchev–Trinajstić information content (AvgIpc) is 3.32. The van der Waals surface area contributed by atoms with Gasteiger partial charge in [0.15, 0.2) is 16.3 Å². The standard InChI is InChI=1S/C20H17N3O5S2/c1-29-9-8-22-15-10-16-17(28-12-27-16)11-18(15)30-20(22)21-19(24)7-4-13-2-5-14(6-3-13)23(25)26/h2-7,10-11H,8-9,12H2,1H3. The van der Waals surface area contributed by atoms with E-state index in [4.69, 9.17) is 9.47 Å². The zero-order valence-corrected chi connectivity index (χ0v) is 17.6. The quantitative estimate of drug-likeness (QED) is 0.326. The maximum atomic E-state index is 12.4. The number of amides is 1. The molecule has 30 heavy (non-hydrogen) atoms. The second-order valence-electron chi connectivity index (χ2n) is 6.33. The summed E-state index contributed by atoms with van der Waals surface area (Å²) in [6, 6.07) is 9.79. The van der Waals surface area contributed by atoms with Crippen LogP contribution in [-0.2, 0) is 11.3 Å². The number of hydrogen-bond acceptors (Lipinski definition) is 7. The fourth-order valence-electron chi connectivity index (χ4n) is 2.95. The highest BCUT2D eigenvalue weighted by Crippen LogP contribution is 2.37. The van der Waals surface area contributed by atoms with Crippen LogP contribution < -0.4 is 14.3 Å². The van der Waals surface area contributed by atoms with Crippen LogP contribution in [0.5, 0.6) is 11.5 Å². The summed E-state index contributed by atoms with van der Waals surface area (Å²) in [5, 5.41) is 10.7. The van der Waals surface area contributed by atoms with Gasteiger partial charge in [0.2, 0.25) is 6.79 Å². The van der Waals surface area contributed by atoms with Gasteiger partial charge in [0.1, 0.15) is 0 Å². The lowest BCUT2D eigenvalue weighted by molar-refractivity contribution is -0.384. The van der Waals surface area contributed by atoms with Crippen molar-refractivity contribution < 1.29 is 19.2 Å². The third kappa shape index (κ3) is 4.24. The maximum Gasteiger partial charge on any atom is 0.272 e. The van der Waals surface area contributed by atoms with Gasteiger partial charge >= 0.3 is 0 Å². The van der Waals surface area contributed by atoms with Crippen molar-refractivity contribution >= 4 is 51.0 Å². The van der Waals surface area contributed by atoms with Gasteiger partial charge in [-0.1, -0.05) is 11.3 Å². The third-order valence-electron chi connectivity index (χ3n) is 4.42. The molecule has 2 aromatic carbocycles. The minimum atomic E-state index is -0.464. The molecule has 8 nitrogen and oxygen atoms in total. The second kappa shape index (κ2) is 8.72. The average molecular weight is 444 g/mol. The van der Waals surface area contributed by atoms with E-state index in [-0.39, 0.29) is 12.5 Å². The molecule has 0 radical (unpaired) electrons. The van der Waals surface area contributed by atoms with Crippen LogP contribution in [0.25, 0.3) is 16.3 Å². The van der Waals surface area contributed by atoms with E-state index < -0.39 is 10.8 Å². The molecule has 3 aromatic rings. The van der Waals surface area contributed by atoms with Crippen LogP contribution in [0.4, 0.5) is 5.69 Å². The van der Waals surface area contributed by atoms with E-state index in [1.165, 1.54) is 29.5 Å². The van der Waals surface area contributed by atoms with Crippen molar-refractivity contribution in [3.63, 3.8) is 0 Å². The van der Waals surface area contributed by atoms with E-state index in [2.05, 4.69) is 4.99 Å². The van der Waals surface area contributed by atoms with E-state index in [1.807, 2.05) is 23.0 Å². The first-order chi connectivity index (χ1) is 14.5. The second-order valence-corrected chi connectivity index (χ2v) is 8.33. The number of thiazole rings is 1. The molecule has 1 aromatic heterocycles. The minimum absolute atomic E-state index is 0.00290. The van der Waals surface area contributed by atoms with E-state index in [1.54, 1.807) is 30.0 Å². The summed E-state index contributed by atoms with van der Waals surface area (Å²) < 4.78 is 13.9. The van der Waals surface area contributed by atoms with Gasteiger partial charge in [-0.25, -0.2) is 0 Å². The van der Waals surface area contributed by atoms with Gasteiger partial charge < -0.3 is 14.0 Å². The van der Waals surface area contributed by atoms with Crippen LogP contribution in [0.2, 0.25) is 0 Å². The smallest absolute Gasteiger partial charge is 0.272 e. The molecule has 10 heteroatoms. The molecule has 154 valence electrons. The topological polar surface area (TPSA) is 96.0 Å². The SMILES string of the molecule is CSCCn1c(=NC(=O)C=Cc2ccc([N+](=O)[O-])cc2)sc2cc3c(cc21)OCO3. The number of thioether (sulfide) groups is 1. The predicted octanol–water partition coefficient (Wildman–Crippen LogP) is 3.84. The Morgan fingerprint density at radius 3 is 2.73 bits per heavy atom. The minimum Gasteiger partial charge on any atom is -0.454 e. The fourth-order valence-corrected chi connectivity index (χ4v) is 4.39. The van der Waals surface area contributed by atoms with Gasteiger partial charge in [-0.05, 0) is 30.0 Å². The number of carbonyl (C=O) groups is 1. The Morgan fingerprint density at radius 2 is 2.03 bits per heavy atom. The molecule has 1 amide bonds. The van der Waals surface area contributed by atoms with Crippen LogP contribution in [-0.4, -0.2) is 34.2 Å². The summed E-state index contributed by atoms with van der Waals surface area (Å²) in [6.45, 7) is 0.916. The molecular formula is C20H17N3O5S2. The predicted molar refractivity (Wildman–Crippen MR) is 117 cm³/mol. The first-order valence-corrected chi connectivity index (χ1v) is 11.2. The van der Waals surface area contributed by atoms with E-state index >= 15 is 0 Å². The van der Waals surface area contributed by atoms with Crippen molar-refractivity contribution in [1.29, 1.82) is 0 Å². The molecule has 0 aliphatic carbocycles. The van der Waals surface area contributed by atoms with Crippen LogP contribution in [0.1, 0.15) is 5.56 Å². The molecule has 2 heterocycles. The van der Waals surface area contributed by atoms with Gasteiger partial charge in [-0.15, -0.1) is 0 Å². The molecule has 0 saturated heterocycles. The van der Waals surface area contributed by atoms with Crippen molar-refractivity contribution in [2.45, 2.75) is 6.54 Å². The van der Waals surface area contributed by atoms with Gasteiger partial charge in [0.05, 0.1) is 15.1 Å². The van der Waals surface area contributed by atoms with Crippen LogP contribution in [0.3, 0.4) is 0 Å². The summed E-state index contributed by atoms with van der Waals surface area (Å²) in [5.74, 6) is 1.85. The summed E-state index contributed by atoms with van der Waals surface area (Å²) in [4.78, 5) is 27.6. The normalized spacial score (nSPS) is 13.4. The Labute approximate surface area is 179 Å². The van der Waals surface area contributed by atoms with Crippen LogP contribution in [0, 0.1) is 10.1 Å². The van der Waals surface area contributed by atoms with Crippen molar-refractivity contribution in [3.05, 3.63) is 63.0 Å². The zero-order valence-electron chi connectivity index (χ0n) is 15.9. The lowest BCUT2D eigenvalue weighted by Crippen LogP contribution is -2.17. The number of non-ortho nitro benzene ring substituents is 1. The fraction of sp³-hybridized carbons (Fsp3) is 0.200. The zero-order chi connectivity index (χ0) is 21.1. The number of aryl methyl sites for hydroxylation is 1. The lowest BCUT2D eigenvalue weighted by atomic mass is 10.2. The number of aromatic nitrogens is 1. The molecule has 0 spiro atoms. The van der Waals surface area contributed by atoms with E-state index in [9.17, 15) is 14.9 Å². The van der Waals surface area contributed by atoms with Crippen molar-refractivity contribution in [1.82, 2.24) is 4.57 Å². The Hall–Kier alpha value is -3.11. The molecule has 4 rings (SSSR count). The Bertz CT molecular complexity index is 1210. The maximum absolute atomic E-state index is 12.4. The van der Waals surface area contributed by atoms with Crippen molar-refractivity contribution in [2.75, 3.05) is 18.8 Å². The Morgan fingerprint density at radius 1 is 1.30 bits per heavy atom. The van der Waals surface area contributed by atoms with Crippen LogP contribution in [0.15, 0.2) is 47.5 Å². The monoisotopic (exact) mass is 443 g/mol. The summed E-state index contributed by atoms with van der Waals surface area (Å²) >= 11 is 3.13. The molecule has 0 unspecified atom stereocenters. The number of fused-ring (bicyclic) bond motifs is 2. The molecule has 0 fully saturated rings. The summed E-state index contributed by atoms with van der Waals surface area (Å²) in [6.07, 6.45) is 4.97. The number of nitrogens with zero attached hydrogens (tertiary/aromatic N) is 3. The van der Waals surface area contributed by atoms with Gasteiger partial charge in [0.25, 0.3) is 11.6 Å². The molecule has 1 aliphatic rings. The number of benzene rings is 2. The Balaban J connectivity index is 1.65. The van der Waals surface area contributed by atoms with E-state index in [0.29, 0.717) is 28.4 Å². The summed E-state index contributed by atoms with van der Waals surface area (Å²) in [7, 11) is 0. The highest BCUT2D eigenvalue weighted by atomic mass is 32.2. The molecule has 1 aliphatic heterocycles. The number of nitro benzene ring substituents is 1. The summed E-state index contributed by atoms with van der Waals surface area (Å²) in [5.41, 5.74) is 1.63. The first-order valence-electron chi connectivity index (χ1n) is 8.98. The number of carbonyl (C=O) groups excluding carboxylic acids is 1. The molecular weight excluding hydrogens is 426 g/mol. The van der Waals surface area contributed by atoms with Gasteiger partial charge in [-0.2, -0.15) is 16.8 Å². The van der Waals surface area contributed by atoms with Crippen LogP contribution >= 0.6 is 23.1 Å². The van der Waals surface area contributed by atoms with Crippen molar-refractivity contribution in [2.24, 2.45) is 4.99 Å². The molecule has 0 atom stereocenters. The highest BCUT2D eigenvalue weighted by Gasteiger charge is 2.17. The number of hydrogen-bond donors (Lipinski definition) is 0. The highest BCUT2D eigenvalue weighted by molar-refractivity contribution is 7.98. The number of ether oxygens (including phenoxy) is 2. The molecule has 0 N–H and O–H groups in total. The third-order valence-corrected chi connectivity index (χ3v) is 6.06.